The van der Waals surface area contributed by atoms with E-state index in [1.807, 2.05) is 0 Å². The Hall–Kier alpha value is -0.730. The second-order valence-corrected chi connectivity index (χ2v) is 10.8. The predicted octanol–water partition coefficient (Wildman–Crippen LogP) is 11.7. The van der Waals surface area contributed by atoms with Gasteiger partial charge in [-0.25, -0.2) is 4.79 Å². The Labute approximate surface area is 220 Å². The molecule has 3 nitrogen and oxygen atoms in total. The fourth-order valence-electron chi connectivity index (χ4n) is 4.74. The Morgan fingerprint density at radius 2 is 0.571 bits per heavy atom. The molecule has 0 aliphatic carbocycles. The van der Waals surface area contributed by atoms with Gasteiger partial charge in [0.25, 0.3) is 0 Å². The van der Waals surface area contributed by atoms with E-state index in [0.29, 0.717) is 13.2 Å². The van der Waals surface area contributed by atoms with Crippen molar-refractivity contribution in [3.63, 3.8) is 0 Å². The minimum atomic E-state index is -0.497. The molecule has 0 fully saturated rings. The van der Waals surface area contributed by atoms with Gasteiger partial charge in [0.15, 0.2) is 0 Å². The van der Waals surface area contributed by atoms with Crippen LogP contribution >= 0.6 is 0 Å². The first kappa shape index (κ1) is 34.3. The van der Waals surface area contributed by atoms with Crippen LogP contribution in [0.15, 0.2) is 0 Å². The van der Waals surface area contributed by atoms with Gasteiger partial charge in [-0.2, -0.15) is 0 Å². The van der Waals surface area contributed by atoms with Gasteiger partial charge in [-0.05, 0) is 12.8 Å². The molecule has 0 bridgehead atoms. The molecule has 3 heteroatoms. The third-order valence-electron chi connectivity index (χ3n) is 7.19. The van der Waals surface area contributed by atoms with Crippen molar-refractivity contribution in [3.8, 4) is 0 Å². The molecule has 0 amide bonds. The molecule has 0 aliphatic heterocycles. The van der Waals surface area contributed by atoms with Crippen molar-refractivity contribution in [2.45, 2.75) is 187 Å². The molecule has 0 unspecified atom stereocenters. The zero-order chi connectivity index (χ0) is 25.5. The number of hydrogen-bond donors (Lipinski definition) is 0. The van der Waals surface area contributed by atoms with Crippen LogP contribution in [0.3, 0.4) is 0 Å². The van der Waals surface area contributed by atoms with Crippen LogP contribution in [0.1, 0.15) is 187 Å². The number of carbonyl (C=O) groups excluding carboxylic acids is 1. The Balaban J connectivity index is 3.06. The molecule has 0 aromatic heterocycles. The maximum Gasteiger partial charge on any atom is 0.508 e. The summed E-state index contributed by atoms with van der Waals surface area (Å²) in [6.07, 6.45) is 36.4. The van der Waals surface area contributed by atoms with Gasteiger partial charge in [-0.15, -0.1) is 0 Å². The van der Waals surface area contributed by atoms with E-state index >= 15 is 0 Å². The molecule has 0 aromatic rings. The largest absolute Gasteiger partial charge is 0.508 e. The van der Waals surface area contributed by atoms with Crippen LogP contribution < -0.4 is 0 Å². The number of carbonyl (C=O) groups is 1. The van der Waals surface area contributed by atoms with Gasteiger partial charge >= 0.3 is 6.16 Å². The van der Waals surface area contributed by atoms with Crippen molar-refractivity contribution in [3.05, 3.63) is 0 Å². The first-order valence-electron chi connectivity index (χ1n) is 16.1. The molecule has 0 aromatic carbocycles. The lowest BCUT2D eigenvalue weighted by atomic mass is 10.0. The second kappa shape index (κ2) is 31.3. The normalized spacial score (nSPS) is 11.1. The lowest BCUT2D eigenvalue weighted by Crippen LogP contribution is -2.09. The van der Waals surface area contributed by atoms with E-state index in [9.17, 15) is 4.79 Å². The van der Waals surface area contributed by atoms with Gasteiger partial charge in [0.1, 0.15) is 0 Å². The van der Waals surface area contributed by atoms with E-state index in [0.717, 1.165) is 25.7 Å². The Morgan fingerprint density at radius 1 is 0.343 bits per heavy atom. The molecule has 0 spiro atoms. The summed E-state index contributed by atoms with van der Waals surface area (Å²) in [6.45, 7) is 5.36. The van der Waals surface area contributed by atoms with Crippen molar-refractivity contribution >= 4 is 6.16 Å². The average molecular weight is 497 g/mol. The third-order valence-corrected chi connectivity index (χ3v) is 7.19. The quantitative estimate of drug-likeness (QED) is 0.0762. The summed E-state index contributed by atoms with van der Waals surface area (Å²) in [6, 6.07) is 0. The highest BCUT2D eigenvalue weighted by molar-refractivity contribution is 5.59. The summed E-state index contributed by atoms with van der Waals surface area (Å²) < 4.78 is 10.1. The molecule has 0 N–H and O–H groups in total. The maximum absolute atomic E-state index is 11.3. The predicted molar refractivity (Wildman–Crippen MR) is 153 cm³/mol. The fraction of sp³-hybridized carbons (Fsp3) is 0.969. The van der Waals surface area contributed by atoms with Crippen LogP contribution in [0.25, 0.3) is 0 Å². The summed E-state index contributed by atoms with van der Waals surface area (Å²) in [7, 11) is 0. The summed E-state index contributed by atoms with van der Waals surface area (Å²) in [4.78, 5) is 11.3. The highest BCUT2D eigenvalue weighted by Crippen LogP contribution is 2.15. The molecule has 0 aliphatic rings. The average Bonchev–Trinajstić information content (AvgIpc) is 2.86. The Morgan fingerprint density at radius 3 is 0.857 bits per heavy atom. The zero-order valence-corrected chi connectivity index (χ0v) is 24.2. The van der Waals surface area contributed by atoms with E-state index in [1.54, 1.807) is 0 Å². The molecule has 0 rings (SSSR count). The fourth-order valence-corrected chi connectivity index (χ4v) is 4.74. The molecule has 0 radical (unpaired) electrons. The minimum absolute atomic E-state index is 0.481. The number of hydrogen-bond acceptors (Lipinski definition) is 3. The smallest absolute Gasteiger partial charge is 0.434 e. The van der Waals surface area contributed by atoms with Crippen molar-refractivity contribution in [1.29, 1.82) is 0 Å². The van der Waals surface area contributed by atoms with Crippen LogP contribution in [-0.2, 0) is 9.47 Å². The Bertz CT molecular complexity index is 396. The zero-order valence-electron chi connectivity index (χ0n) is 24.2. The van der Waals surface area contributed by atoms with Gasteiger partial charge in [0, 0.05) is 0 Å². The molecule has 0 atom stereocenters. The molecule has 0 saturated heterocycles. The molecular formula is C32H64O3. The Kier molecular flexibility index (Phi) is 30.6. The second-order valence-electron chi connectivity index (χ2n) is 10.8. The summed E-state index contributed by atoms with van der Waals surface area (Å²) in [5.74, 6) is 0. The lowest BCUT2D eigenvalue weighted by molar-refractivity contribution is 0.0532. The monoisotopic (exact) mass is 496 g/mol. The van der Waals surface area contributed by atoms with E-state index in [1.165, 1.54) is 148 Å². The lowest BCUT2D eigenvalue weighted by Gasteiger charge is -2.06. The van der Waals surface area contributed by atoms with E-state index in [-0.39, 0.29) is 0 Å². The standard InChI is InChI=1S/C32H64O3/c1-3-5-7-8-9-10-11-12-13-14-15-16-17-18-19-20-21-22-23-24-25-26-27-28-29-31-35-32(33)34-30-6-4-2/h3-31H2,1-2H3. The van der Waals surface area contributed by atoms with E-state index in [2.05, 4.69) is 13.8 Å². The first-order valence-corrected chi connectivity index (χ1v) is 16.1. The minimum Gasteiger partial charge on any atom is -0.434 e. The van der Waals surface area contributed by atoms with Crippen LogP contribution in [0, 0.1) is 0 Å². The van der Waals surface area contributed by atoms with Crippen LogP contribution in [0.5, 0.6) is 0 Å². The number of rotatable bonds is 29. The van der Waals surface area contributed by atoms with Crippen LogP contribution in [0.2, 0.25) is 0 Å². The molecular weight excluding hydrogens is 432 g/mol. The van der Waals surface area contributed by atoms with E-state index in [4.69, 9.17) is 9.47 Å². The first-order chi connectivity index (χ1) is 17.3. The third kappa shape index (κ3) is 31.2. The van der Waals surface area contributed by atoms with Gasteiger partial charge in [0.2, 0.25) is 0 Å². The topological polar surface area (TPSA) is 35.5 Å². The summed E-state index contributed by atoms with van der Waals surface area (Å²) in [5.41, 5.74) is 0. The van der Waals surface area contributed by atoms with Crippen LogP contribution in [0.4, 0.5) is 4.79 Å². The van der Waals surface area contributed by atoms with Crippen molar-refractivity contribution in [1.82, 2.24) is 0 Å². The molecule has 210 valence electrons. The van der Waals surface area contributed by atoms with E-state index < -0.39 is 6.16 Å². The van der Waals surface area contributed by atoms with Crippen molar-refractivity contribution in [2.75, 3.05) is 13.2 Å². The van der Waals surface area contributed by atoms with Crippen molar-refractivity contribution in [2.24, 2.45) is 0 Å². The maximum atomic E-state index is 11.3. The van der Waals surface area contributed by atoms with Crippen molar-refractivity contribution < 1.29 is 14.3 Å². The van der Waals surface area contributed by atoms with Gasteiger partial charge < -0.3 is 9.47 Å². The molecule has 0 heterocycles. The molecule has 35 heavy (non-hydrogen) atoms. The van der Waals surface area contributed by atoms with Gasteiger partial charge in [-0.3, -0.25) is 0 Å². The van der Waals surface area contributed by atoms with Gasteiger partial charge in [0.05, 0.1) is 13.2 Å². The number of unbranched alkanes of at least 4 members (excludes halogenated alkanes) is 25. The SMILES string of the molecule is CCCCCCCCCCCCCCCCCCCCCCCCCCCOC(=O)OCCCC. The summed E-state index contributed by atoms with van der Waals surface area (Å²) in [5, 5.41) is 0. The van der Waals surface area contributed by atoms with Crippen LogP contribution in [-0.4, -0.2) is 19.4 Å². The van der Waals surface area contributed by atoms with Gasteiger partial charge in [-0.1, -0.05) is 174 Å². The summed E-state index contributed by atoms with van der Waals surface area (Å²) >= 11 is 0. The number of ether oxygens (including phenoxy) is 2. The highest BCUT2D eigenvalue weighted by Gasteiger charge is 2.02. The molecule has 0 saturated carbocycles. The highest BCUT2D eigenvalue weighted by atomic mass is 16.7.